The second-order valence-electron chi connectivity index (χ2n) is 8.93. The largest absolute Gasteiger partial charge is 0.508 e. The zero-order chi connectivity index (χ0) is 22.3. The fraction of sp³-hybridized carbons (Fsp3) is 0.400. The highest BCUT2D eigenvalue weighted by molar-refractivity contribution is 6.03. The Balaban J connectivity index is 1.67. The molecule has 31 heavy (non-hydrogen) atoms. The molecule has 0 fully saturated rings. The van der Waals surface area contributed by atoms with Crippen LogP contribution in [-0.4, -0.2) is 26.7 Å². The lowest BCUT2D eigenvalue weighted by Gasteiger charge is -2.38. The number of rotatable bonds is 4. The highest BCUT2D eigenvalue weighted by atomic mass is 16.5. The molecule has 2 aromatic rings. The van der Waals surface area contributed by atoms with E-state index in [0.717, 1.165) is 24.8 Å². The van der Waals surface area contributed by atoms with Crippen LogP contribution in [0.1, 0.15) is 74.0 Å². The molecule has 0 saturated heterocycles. The topological polar surface area (TPSA) is 96.2 Å². The molecular formula is C25H28O6. The van der Waals surface area contributed by atoms with E-state index in [4.69, 9.17) is 9.47 Å². The van der Waals surface area contributed by atoms with Crippen molar-refractivity contribution < 1.29 is 29.6 Å². The summed E-state index contributed by atoms with van der Waals surface area (Å²) >= 11 is 0. The molecule has 0 aromatic heterocycles. The minimum absolute atomic E-state index is 0.0149. The number of carbonyl (C=O) groups is 1. The molecule has 2 atom stereocenters. The quantitative estimate of drug-likeness (QED) is 0.573. The third kappa shape index (κ3) is 4.07. The number of hydrogen-bond donors (Lipinski definition) is 3. The molecule has 0 saturated carbocycles. The molecule has 0 spiro atoms. The smallest absolute Gasteiger partial charge is 0.174 e. The Labute approximate surface area is 181 Å². The number of ether oxygens (including phenoxy) is 2. The van der Waals surface area contributed by atoms with Gasteiger partial charge in [0.25, 0.3) is 0 Å². The number of carbonyl (C=O) groups excluding carboxylic acids is 1. The SMILES string of the molecule is CC(C)=CCC[C@@]1(C)CCc2c(cc(O)c3c2O[C@@H](c2ccc(O)cc2O)CC3=O)O1. The number of benzene rings is 2. The van der Waals surface area contributed by atoms with Crippen LogP contribution in [0, 0.1) is 0 Å². The van der Waals surface area contributed by atoms with E-state index in [9.17, 15) is 20.1 Å². The molecule has 0 bridgehead atoms. The van der Waals surface area contributed by atoms with Crippen molar-refractivity contribution in [1.29, 1.82) is 0 Å². The van der Waals surface area contributed by atoms with Crippen LogP contribution in [0.2, 0.25) is 0 Å². The summed E-state index contributed by atoms with van der Waals surface area (Å²) in [5.74, 6) is 0.246. The predicted molar refractivity (Wildman–Crippen MR) is 116 cm³/mol. The monoisotopic (exact) mass is 424 g/mol. The number of phenolic OH excluding ortho intramolecular Hbond substituents is 3. The Bertz CT molecular complexity index is 1070. The van der Waals surface area contributed by atoms with Crippen molar-refractivity contribution >= 4 is 5.78 Å². The molecule has 6 heteroatoms. The molecule has 3 N–H and O–H groups in total. The first-order valence-electron chi connectivity index (χ1n) is 10.6. The Morgan fingerprint density at radius 2 is 1.97 bits per heavy atom. The summed E-state index contributed by atoms with van der Waals surface area (Å²) in [6.07, 6.45) is 4.63. The van der Waals surface area contributed by atoms with Crippen molar-refractivity contribution in [3.63, 3.8) is 0 Å². The van der Waals surface area contributed by atoms with Gasteiger partial charge in [0.15, 0.2) is 5.78 Å². The van der Waals surface area contributed by atoms with Crippen molar-refractivity contribution in [2.45, 2.75) is 64.6 Å². The Morgan fingerprint density at radius 3 is 2.68 bits per heavy atom. The van der Waals surface area contributed by atoms with Crippen molar-refractivity contribution in [3.8, 4) is 28.7 Å². The van der Waals surface area contributed by atoms with E-state index in [-0.39, 0.29) is 40.6 Å². The molecule has 0 aliphatic carbocycles. The van der Waals surface area contributed by atoms with Gasteiger partial charge in [-0.15, -0.1) is 0 Å². The summed E-state index contributed by atoms with van der Waals surface area (Å²) in [4.78, 5) is 12.9. The van der Waals surface area contributed by atoms with E-state index in [1.54, 1.807) is 6.07 Å². The molecule has 0 radical (unpaired) electrons. The van der Waals surface area contributed by atoms with E-state index in [1.807, 2.05) is 0 Å². The van der Waals surface area contributed by atoms with Gasteiger partial charge < -0.3 is 24.8 Å². The van der Waals surface area contributed by atoms with Gasteiger partial charge in [-0.1, -0.05) is 11.6 Å². The van der Waals surface area contributed by atoms with Crippen LogP contribution >= 0.6 is 0 Å². The van der Waals surface area contributed by atoms with E-state index < -0.39 is 6.10 Å². The van der Waals surface area contributed by atoms with E-state index in [2.05, 4.69) is 26.8 Å². The number of allylic oxidation sites excluding steroid dienone is 2. The van der Waals surface area contributed by atoms with Gasteiger partial charge in [0.1, 0.15) is 46.0 Å². The number of fused-ring (bicyclic) bond motifs is 3. The van der Waals surface area contributed by atoms with Gasteiger partial charge in [0.05, 0.1) is 6.42 Å². The predicted octanol–water partition coefficient (Wildman–Crippen LogP) is 5.34. The van der Waals surface area contributed by atoms with Crippen molar-refractivity contribution in [3.05, 3.63) is 52.6 Å². The zero-order valence-corrected chi connectivity index (χ0v) is 18.1. The summed E-state index contributed by atoms with van der Waals surface area (Å²) < 4.78 is 12.5. The number of Topliss-reactive ketones (excluding diaryl/α,β-unsaturated/α-hetero) is 1. The van der Waals surface area contributed by atoms with Crippen molar-refractivity contribution in [2.24, 2.45) is 0 Å². The molecular weight excluding hydrogens is 396 g/mol. The highest BCUT2D eigenvalue weighted by Crippen LogP contribution is 2.50. The van der Waals surface area contributed by atoms with Crippen LogP contribution in [0.25, 0.3) is 0 Å². The van der Waals surface area contributed by atoms with E-state index in [1.165, 1.54) is 23.8 Å². The maximum Gasteiger partial charge on any atom is 0.174 e. The fourth-order valence-corrected chi connectivity index (χ4v) is 4.37. The molecule has 4 rings (SSSR count). The Kier molecular flexibility index (Phi) is 5.33. The molecule has 6 nitrogen and oxygen atoms in total. The first kappa shape index (κ1) is 21.1. The Morgan fingerprint density at radius 1 is 1.19 bits per heavy atom. The molecule has 2 aliphatic rings. The lowest BCUT2D eigenvalue weighted by Crippen LogP contribution is -2.36. The molecule has 0 unspecified atom stereocenters. The number of ketones is 1. The standard InChI is InChI=1S/C25H28O6/c1-14(2)5-4-9-25(3)10-8-17-22(31-25)13-20(29)23-19(28)12-21(30-24(17)23)16-7-6-15(26)11-18(16)27/h5-7,11,13,21,26-27,29H,4,8-10,12H2,1-3H3/t21-,25+/m1/s1. The lowest BCUT2D eigenvalue weighted by molar-refractivity contribution is 0.0538. The lowest BCUT2D eigenvalue weighted by atomic mass is 9.85. The maximum absolute atomic E-state index is 12.9. The van der Waals surface area contributed by atoms with Crippen LogP contribution in [0.5, 0.6) is 28.7 Å². The summed E-state index contributed by atoms with van der Waals surface area (Å²) in [7, 11) is 0. The summed E-state index contributed by atoms with van der Waals surface area (Å²) in [6.45, 7) is 6.20. The molecule has 164 valence electrons. The summed E-state index contributed by atoms with van der Waals surface area (Å²) in [6, 6.07) is 5.72. The minimum Gasteiger partial charge on any atom is -0.508 e. The minimum atomic E-state index is -0.711. The first-order chi connectivity index (χ1) is 14.7. The number of aromatic hydroxyl groups is 3. The van der Waals surface area contributed by atoms with E-state index in [0.29, 0.717) is 23.5 Å². The van der Waals surface area contributed by atoms with Crippen LogP contribution in [0.3, 0.4) is 0 Å². The first-order valence-corrected chi connectivity index (χ1v) is 10.6. The summed E-state index contributed by atoms with van der Waals surface area (Å²) in [5.41, 5.74) is 2.25. The molecule has 2 aliphatic heterocycles. The second-order valence-corrected chi connectivity index (χ2v) is 8.93. The fourth-order valence-electron chi connectivity index (χ4n) is 4.37. The molecule has 2 heterocycles. The maximum atomic E-state index is 12.9. The summed E-state index contributed by atoms with van der Waals surface area (Å²) in [5, 5.41) is 30.4. The van der Waals surface area contributed by atoms with Crippen LogP contribution in [0.15, 0.2) is 35.9 Å². The van der Waals surface area contributed by atoms with Crippen LogP contribution in [0.4, 0.5) is 0 Å². The average molecular weight is 424 g/mol. The van der Waals surface area contributed by atoms with Gasteiger partial charge in [-0.25, -0.2) is 0 Å². The Hall–Kier alpha value is -3.15. The molecule has 0 amide bonds. The highest BCUT2D eigenvalue weighted by Gasteiger charge is 2.39. The van der Waals surface area contributed by atoms with Gasteiger partial charge in [-0.3, -0.25) is 4.79 Å². The normalized spacial score (nSPS) is 22.0. The third-order valence-corrected chi connectivity index (χ3v) is 6.08. The van der Waals surface area contributed by atoms with Gasteiger partial charge in [0.2, 0.25) is 0 Å². The number of hydrogen-bond acceptors (Lipinski definition) is 6. The van der Waals surface area contributed by atoms with E-state index >= 15 is 0 Å². The number of phenols is 3. The van der Waals surface area contributed by atoms with Gasteiger partial charge in [-0.05, 0) is 58.6 Å². The second kappa shape index (κ2) is 7.84. The van der Waals surface area contributed by atoms with Crippen LogP contribution < -0.4 is 9.47 Å². The van der Waals surface area contributed by atoms with Gasteiger partial charge in [0, 0.05) is 23.3 Å². The zero-order valence-electron chi connectivity index (χ0n) is 18.1. The third-order valence-electron chi connectivity index (χ3n) is 6.08. The van der Waals surface area contributed by atoms with Crippen molar-refractivity contribution in [2.75, 3.05) is 0 Å². The van der Waals surface area contributed by atoms with Gasteiger partial charge >= 0.3 is 0 Å². The van der Waals surface area contributed by atoms with Crippen LogP contribution in [-0.2, 0) is 6.42 Å². The van der Waals surface area contributed by atoms with Gasteiger partial charge in [-0.2, -0.15) is 0 Å². The molecule has 2 aromatic carbocycles. The average Bonchev–Trinajstić information content (AvgIpc) is 2.66. The van der Waals surface area contributed by atoms with Crippen molar-refractivity contribution in [1.82, 2.24) is 0 Å².